The average molecular weight is 403 g/mol. The third-order valence-corrected chi connectivity index (χ3v) is 5.53. The van der Waals surface area contributed by atoms with E-state index in [-0.39, 0.29) is 17.6 Å². The summed E-state index contributed by atoms with van der Waals surface area (Å²) in [5.74, 6) is 0.371. The molecule has 1 amide bonds. The highest BCUT2D eigenvalue weighted by Gasteiger charge is 2.30. The second-order valence-electron chi connectivity index (χ2n) is 7.56. The Morgan fingerprint density at radius 2 is 2.00 bits per heavy atom. The molecule has 3 aromatic rings. The highest BCUT2D eigenvalue weighted by molar-refractivity contribution is 6.01. The minimum absolute atomic E-state index is 0.0326. The van der Waals surface area contributed by atoms with Gasteiger partial charge in [-0.2, -0.15) is 5.10 Å². The van der Waals surface area contributed by atoms with E-state index in [0.29, 0.717) is 36.5 Å². The quantitative estimate of drug-likeness (QED) is 0.589. The van der Waals surface area contributed by atoms with Crippen LogP contribution in [0.1, 0.15) is 39.1 Å². The molecule has 0 unspecified atom stereocenters. The molecule has 1 saturated heterocycles. The monoisotopic (exact) mass is 403 g/mol. The van der Waals surface area contributed by atoms with Gasteiger partial charge in [0.15, 0.2) is 5.78 Å². The Morgan fingerprint density at radius 1 is 1.13 bits per heavy atom. The molecular weight excluding hydrogens is 378 g/mol. The van der Waals surface area contributed by atoms with Crippen LogP contribution >= 0.6 is 0 Å². The zero-order chi connectivity index (χ0) is 20.9. The second kappa shape index (κ2) is 8.95. The zero-order valence-electron chi connectivity index (χ0n) is 17.0. The van der Waals surface area contributed by atoms with Crippen molar-refractivity contribution >= 4 is 11.7 Å². The molecule has 2 heterocycles. The van der Waals surface area contributed by atoms with Crippen LogP contribution in [-0.2, 0) is 6.54 Å². The lowest BCUT2D eigenvalue weighted by atomic mass is 9.89. The van der Waals surface area contributed by atoms with E-state index in [4.69, 9.17) is 4.74 Å². The lowest BCUT2D eigenvalue weighted by molar-refractivity contribution is 0.0636. The number of methoxy groups -OCH3 is 1. The molecular formula is C24H25N3O3. The van der Waals surface area contributed by atoms with Gasteiger partial charge in [-0.25, -0.2) is 0 Å². The minimum atomic E-state index is -0.216. The van der Waals surface area contributed by atoms with Crippen LogP contribution in [0.2, 0.25) is 0 Å². The predicted octanol–water partition coefficient (Wildman–Crippen LogP) is 3.68. The van der Waals surface area contributed by atoms with Gasteiger partial charge in [0.05, 0.1) is 19.2 Å². The summed E-state index contributed by atoms with van der Waals surface area (Å²) in [5, 5.41) is 4.22. The van der Waals surface area contributed by atoms with Gasteiger partial charge in [-0.15, -0.1) is 0 Å². The van der Waals surface area contributed by atoms with Crippen molar-refractivity contribution in [1.29, 1.82) is 0 Å². The van der Waals surface area contributed by atoms with Crippen LogP contribution in [-0.4, -0.2) is 46.6 Å². The number of benzene rings is 2. The number of rotatable bonds is 6. The fourth-order valence-electron chi connectivity index (χ4n) is 4.01. The molecule has 1 aromatic heterocycles. The topological polar surface area (TPSA) is 64.4 Å². The summed E-state index contributed by atoms with van der Waals surface area (Å²) in [5.41, 5.74) is 2.24. The number of carbonyl (C=O) groups is 2. The number of Topliss-reactive ketones (excluding diaryl/α,β-unsaturated/α-hetero) is 1. The first-order valence-corrected chi connectivity index (χ1v) is 10.2. The van der Waals surface area contributed by atoms with Crippen molar-refractivity contribution in [3.05, 3.63) is 83.7 Å². The van der Waals surface area contributed by atoms with Crippen LogP contribution < -0.4 is 4.74 Å². The molecule has 0 bridgehead atoms. The van der Waals surface area contributed by atoms with Gasteiger partial charge in [0, 0.05) is 37.0 Å². The molecule has 2 aromatic carbocycles. The molecule has 6 heteroatoms. The number of amides is 1. The number of ketones is 1. The number of likely N-dealkylation sites (tertiary alicyclic amines) is 1. The van der Waals surface area contributed by atoms with Crippen LogP contribution in [0.4, 0.5) is 0 Å². The maximum Gasteiger partial charge on any atom is 0.253 e. The van der Waals surface area contributed by atoms with E-state index in [1.54, 1.807) is 30.3 Å². The van der Waals surface area contributed by atoms with Crippen molar-refractivity contribution in [2.24, 2.45) is 5.92 Å². The maximum absolute atomic E-state index is 13.1. The predicted molar refractivity (Wildman–Crippen MR) is 114 cm³/mol. The number of carbonyl (C=O) groups excluding carboxylic acids is 2. The van der Waals surface area contributed by atoms with Crippen molar-refractivity contribution in [1.82, 2.24) is 14.7 Å². The van der Waals surface area contributed by atoms with Gasteiger partial charge < -0.3 is 9.64 Å². The number of para-hydroxylation sites is 1. The summed E-state index contributed by atoms with van der Waals surface area (Å²) in [4.78, 5) is 28.0. The number of hydrogen-bond acceptors (Lipinski definition) is 4. The Hall–Kier alpha value is -3.41. The molecule has 1 aliphatic heterocycles. The summed E-state index contributed by atoms with van der Waals surface area (Å²) in [6, 6.07) is 16.8. The van der Waals surface area contributed by atoms with Gasteiger partial charge in [-0.05, 0) is 48.7 Å². The van der Waals surface area contributed by atoms with Crippen LogP contribution in [0.5, 0.6) is 5.75 Å². The Bertz CT molecular complexity index is 1030. The summed E-state index contributed by atoms with van der Waals surface area (Å²) >= 11 is 0. The van der Waals surface area contributed by atoms with Crippen LogP contribution in [0.3, 0.4) is 0 Å². The summed E-state index contributed by atoms with van der Waals surface area (Å²) in [6.45, 7) is 1.71. The van der Waals surface area contributed by atoms with Gasteiger partial charge in [0.2, 0.25) is 0 Å². The largest absolute Gasteiger partial charge is 0.496 e. The standard InChI is InChI=1S/C24H25N3O3/c1-30-22-11-3-2-10-21(22)23(28)20-9-5-13-26(17-20)24(29)19-8-4-7-18(15-19)16-27-14-6-12-25-27/h2-4,6-8,10-12,14-15,20H,5,9,13,16-17H2,1H3/t20-/m0/s1. The third kappa shape index (κ3) is 4.27. The Labute approximate surface area is 176 Å². The fraction of sp³-hybridized carbons (Fsp3) is 0.292. The minimum Gasteiger partial charge on any atom is -0.496 e. The van der Waals surface area contributed by atoms with Gasteiger partial charge in [-0.1, -0.05) is 24.3 Å². The van der Waals surface area contributed by atoms with Crippen molar-refractivity contribution in [3.63, 3.8) is 0 Å². The molecule has 6 nitrogen and oxygen atoms in total. The zero-order valence-corrected chi connectivity index (χ0v) is 17.0. The SMILES string of the molecule is COc1ccccc1C(=O)[C@H]1CCCN(C(=O)c2cccc(Cn3cccn3)c2)C1. The van der Waals surface area contributed by atoms with Crippen LogP contribution in [0.25, 0.3) is 0 Å². The smallest absolute Gasteiger partial charge is 0.253 e. The van der Waals surface area contributed by atoms with E-state index < -0.39 is 0 Å². The molecule has 0 N–H and O–H groups in total. The average Bonchev–Trinajstić information content (AvgIpc) is 3.31. The first-order chi connectivity index (χ1) is 14.7. The highest BCUT2D eigenvalue weighted by atomic mass is 16.5. The fourth-order valence-corrected chi connectivity index (χ4v) is 4.01. The molecule has 30 heavy (non-hydrogen) atoms. The first kappa shape index (κ1) is 19.9. The first-order valence-electron chi connectivity index (χ1n) is 10.2. The molecule has 154 valence electrons. The number of nitrogens with zero attached hydrogens (tertiary/aromatic N) is 3. The third-order valence-electron chi connectivity index (χ3n) is 5.53. The highest BCUT2D eigenvalue weighted by Crippen LogP contribution is 2.27. The van der Waals surface area contributed by atoms with Gasteiger partial charge in [0.1, 0.15) is 5.75 Å². The normalized spacial score (nSPS) is 16.3. The molecule has 0 spiro atoms. The summed E-state index contributed by atoms with van der Waals surface area (Å²) in [6.07, 6.45) is 5.22. The molecule has 0 aliphatic carbocycles. The van der Waals surface area contributed by atoms with E-state index in [1.807, 2.05) is 53.3 Å². The van der Waals surface area contributed by atoms with Crippen molar-refractivity contribution in [3.8, 4) is 5.75 Å². The number of aromatic nitrogens is 2. The lowest BCUT2D eigenvalue weighted by Crippen LogP contribution is -2.42. The van der Waals surface area contributed by atoms with Crippen molar-refractivity contribution in [2.45, 2.75) is 19.4 Å². The van der Waals surface area contributed by atoms with E-state index >= 15 is 0 Å². The Kier molecular flexibility index (Phi) is 5.93. The van der Waals surface area contributed by atoms with Crippen LogP contribution in [0, 0.1) is 5.92 Å². The van der Waals surface area contributed by atoms with Crippen molar-refractivity contribution in [2.75, 3.05) is 20.2 Å². The Morgan fingerprint density at radius 3 is 2.80 bits per heavy atom. The molecule has 1 atom stereocenters. The second-order valence-corrected chi connectivity index (χ2v) is 7.56. The molecule has 0 saturated carbocycles. The van der Waals surface area contributed by atoms with E-state index in [0.717, 1.165) is 18.4 Å². The molecule has 0 radical (unpaired) electrons. The number of hydrogen-bond donors (Lipinski definition) is 0. The van der Waals surface area contributed by atoms with Crippen molar-refractivity contribution < 1.29 is 14.3 Å². The van der Waals surface area contributed by atoms with E-state index in [2.05, 4.69) is 5.10 Å². The summed E-state index contributed by atoms with van der Waals surface area (Å²) < 4.78 is 7.17. The molecule has 1 aliphatic rings. The lowest BCUT2D eigenvalue weighted by Gasteiger charge is -2.32. The van der Waals surface area contributed by atoms with Crippen LogP contribution in [0.15, 0.2) is 67.0 Å². The molecule has 4 rings (SSSR count). The maximum atomic E-state index is 13.1. The Balaban J connectivity index is 1.48. The van der Waals surface area contributed by atoms with E-state index in [1.165, 1.54) is 0 Å². The van der Waals surface area contributed by atoms with E-state index in [9.17, 15) is 9.59 Å². The molecule has 1 fully saturated rings. The summed E-state index contributed by atoms with van der Waals surface area (Å²) in [7, 11) is 1.57. The van der Waals surface area contributed by atoms with Gasteiger partial charge >= 0.3 is 0 Å². The van der Waals surface area contributed by atoms with Gasteiger partial charge in [-0.3, -0.25) is 14.3 Å². The number of ether oxygens (including phenoxy) is 1. The number of piperidine rings is 1. The van der Waals surface area contributed by atoms with Gasteiger partial charge in [0.25, 0.3) is 5.91 Å².